The number of carbonyl (C=O) groups is 1. The minimum atomic E-state index is 0. The van der Waals surface area contributed by atoms with Crippen molar-refractivity contribution in [2.45, 2.75) is 26.3 Å². The molecule has 0 fully saturated rings. The Morgan fingerprint density at radius 2 is 1.88 bits per heavy atom. The lowest BCUT2D eigenvalue weighted by molar-refractivity contribution is 0.0888. The molecule has 0 radical (unpaired) electrons. The van der Waals surface area contributed by atoms with Gasteiger partial charge in [0.1, 0.15) is 5.82 Å². The number of aryl methyl sites for hydroxylation is 2. The number of fused-ring (bicyclic) bond motifs is 3. The van der Waals surface area contributed by atoms with Crippen LogP contribution in [0.25, 0.3) is 10.9 Å². The van der Waals surface area contributed by atoms with Crippen molar-refractivity contribution < 1.29 is 15.7 Å². The van der Waals surface area contributed by atoms with Gasteiger partial charge in [0.2, 0.25) is 0 Å². The first-order valence-electron chi connectivity index (χ1n) is 7.75. The molecule has 1 aromatic carbocycles. The lowest BCUT2D eigenvalue weighted by Gasteiger charge is -2.23. The second-order valence-corrected chi connectivity index (χ2v) is 6.12. The number of halogens is 2. The summed E-state index contributed by atoms with van der Waals surface area (Å²) in [5, 5.41) is 1.09. The van der Waals surface area contributed by atoms with Crippen molar-refractivity contribution in [3.8, 4) is 0 Å². The van der Waals surface area contributed by atoms with Crippen LogP contribution in [0.5, 0.6) is 0 Å². The molecule has 2 heterocycles. The highest BCUT2D eigenvalue weighted by Crippen LogP contribution is 2.34. The Hall–Kier alpha value is -1.86. The number of rotatable bonds is 2. The van der Waals surface area contributed by atoms with E-state index in [2.05, 4.69) is 33.3 Å². The Morgan fingerprint density at radius 1 is 1.19 bits per heavy atom. The van der Waals surface area contributed by atoms with Crippen molar-refractivity contribution in [3.63, 3.8) is 0 Å². The fraction of sp³-hybridized carbons (Fsp3) is 0.333. The van der Waals surface area contributed by atoms with Crippen LogP contribution in [0.15, 0.2) is 36.7 Å². The van der Waals surface area contributed by atoms with Crippen LogP contribution in [0.3, 0.4) is 0 Å². The van der Waals surface area contributed by atoms with E-state index in [9.17, 15) is 4.79 Å². The Labute approximate surface area is 164 Å². The molecule has 2 aromatic heterocycles. The van der Waals surface area contributed by atoms with Crippen molar-refractivity contribution in [2.75, 3.05) is 0 Å². The molecule has 3 aromatic rings. The molecule has 0 aliphatic heterocycles. The summed E-state index contributed by atoms with van der Waals surface area (Å²) < 4.78 is 4.26. The van der Waals surface area contributed by atoms with E-state index in [1.54, 1.807) is 6.20 Å². The number of ketones is 1. The summed E-state index contributed by atoms with van der Waals surface area (Å²) in [6.45, 7) is 2.71. The van der Waals surface area contributed by atoms with E-state index in [0.717, 1.165) is 41.7 Å². The summed E-state index contributed by atoms with van der Waals surface area (Å²) >= 11 is 0. The topological polar surface area (TPSA) is 103 Å². The van der Waals surface area contributed by atoms with Gasteiger partial charge in [0.15, 0.2) is 5.78 Å². The average Bonchev–Trinajstić information content (AvgIpc) is 3.05. The molecule has 1 unspecified atom stereocenters. The first-order chi connectivity index (χ1) is 10.7. The van der Waals surface area contributed by atoms with Gasteiger partial charge in [0, 0.05) is 54.1 Å². The second kappa shape index (κ2) is 9.19. The van der Waals surface area contributed by atoms with Crippen LogP contribution in [0, 0.1) is 12.8 Å². The van der Waals surface area contributed by atoms with E-state index >= 15 is 0 Å². The van der Waals surface area contributed by atoms with Gasteiger partial charge in [-0.3, -0.25) is 4.79 Å². The van der Waals surface area contributed by atoms with Crippen LogP contribution in [-0.2, 0) is 20.0 Å². The minimum Gasteiger partial charge on any atom is -0.412 e. The molecule has 0 saturated carbocycles. The molecule has 0 bridgehead atoms. The average molecular weight is 402 g/mol. The molecule has 0 saturated heterocycles. The molecule has 0 amide bonds. The lowest BCUT2D eigenvalue weighted by atomic mass is 9.85. The van der Waals surface area contributed by atoms with E-state index < -0.39 is 0 Å². The van der Waals surface area contributed by atoms with Gasteiger partial charge in [-0.15, -0.1) is 24.8 Å². The third-order valence-electron chi connectivity index (χ3n) is 4.92. The highest BCUT2D eigenvalue weighted by Gasteiger charge is 2.32. The summed E-state index contributed by atoms with van der Waals surface area (Å²) in [6.07, 6.45) is 5.63. The maximum atomic E-state index is 13.0. The number of para-hydroxylation sites is 1. The minimum absolute atomic E-state index is 0. The molecule has 1 aliphatic rings. The number of benzene rings is 1. The van der Waals surface area contributed by atoms with Gasteiger partial charge in [-0.25, -0.2) is 4.98 Å². The number of carbonyl (C=O) groups excluding carboxylic acids is 1. The molecule has 4 N–H and O–H groups in total. The smallest absolute Gasteiger partial charge is 0.170 e. The summed E-state index contributed by atoms with van der Waals surface area (Å²) in [5.74, 6) is 1.30. The molecule has 0 spiro atoms. The maximum absolute atomic E-state index is 13.0. The van der Waals surface area contributed by atoms with E-state index in [1.165, 1.54) is 5.69 Å². The predicted molar refractivity (Wildman–Crippen MR) is 108 cm³/mol. The number of Topliss-reactive ketones (excluding diaryl/α,β-unsaturated/α-hetero) is 1. The zero-order valence-electron chi connectivity index (χ0n) is 14.7. The van der Waals surface area contributed by atoms with Crippen LogP contribution < -0.4 is 0 Å². The van der Waals surface area contributed by atoms with E-state index in [-0.39, 0.29) is 47.5 Å². The normalized spacial score (nSPS) is 15.2. The van der Waals surface area contributed by atoms with Crippen LogP contribution in [-0.4, -0.2) is 30.9 Å². The summed E-state index contributed by atoms with van der Waals surface area (Å²) in [5.41, 5.74) is 3.28. The van der Waals surface area contributed by atoms with Gasteiger partial charge >= 0.3 is 0 Å². The largest absolute Gasteiger partial charge is 0.412 e. The molecule has 8 heteroatoms. The van der Waals surface area contributed by atoms with Crippen LogP contribution >= 0.6 is 24.8 Å². The van der Waals surface area contributed by atoms with Crippen molar-refractivity contribution in [1.82, 2.24) is 14.1 Å². The highest BCUT2D eigenvalue weighted by atomic mass is 35.5. The molecule has 1 aliphatic carbocycles. The fourth-order valence-corrected chi connectivity index (χ4v) is 3.67. The second-order valence-electron chi connectivity index (χ2n) is 6.12. The Kier molecular flexibility index (Phi) is 8.53. The highest BCUT2D eigenvalue weighted by molar-refractivity contribution is 6.11. The van der Waals surface area contributed by atoms with Crippen LogP contribution in [0.4, 0.5) is 0 Å². The van der Waals surface area contributed by atoms with E-state index in [1.807, 2.05) is 25.3 Å². The molecular formula is C18H25Cl2N3O3. The van der Waals surface area contributed by atoms with E-state index in [4.69, 9.17) is 0 Å². The van der Waals surface area contributed by atoms with Crippen molar-refractivity contribution in [3.05, 3.63) is 53.7 Å². The molecular weight excluding hydrogens is 377 g/mol. The first kappa shape index (κ1) is 24.1. The van der Waals surface area contributed by atoms with Gasteiger partial charge in [-0.05, 0) is 25.8 Å². The number of hydrogen-bond donors (Lipinski definition) is 0. The summed E-state index contributed by atoms with van der Waals surface area (Å²) in [6, 6.07) is 8.21. The third-order valence-corrected chi connectivity index (χ3v) is 4.92. The Morgan fingerprint density at radius 3 is 2.54 bits per heavy atom. The molecule has 1 atom stereocenters. The van der Waals surface area contributed by atoms with Crippen molar-refractivity contribution in [1.29, 1.82) is 0 Å². The first-order valence-corrected chi connectivity index (χ1v) is 7.75. The molecule has 26 heavy (non-hydrogen) atoms. The van der Waals surface area contributed by atoms with Crippen molar-refractivity contribution >= 4 is 41.5 Å². The SMILES string of the molecule is Cc1nccn1CC1CCc2c(c3ccccc3n2C)C1=O.Cl.Cl.O.O. The zero-order valence-corrected chi connectivity index (χ0v) is 16.4. The fourth-order valence-electron chi connectivity index (χ4n) is 3.67. The van der Waals surface area contributed by atoms with Crippen LogP contribution in [0.2, 0.25) is 0 Å². The van der Waals surface area contributed by atoms with Gasteiger partial charge in [0.05, 0.1) is 0 Å². The van der Waals surface area contributed by atoms with Gasteiger partial charge in [0.25, 0.3) is 0 Å². The molecule has 144 valence electrons. The molecule has 6 nitrogen and oxygen atoms in total. The number of aromatic nitrogens is 3. The number of nitrogens with zero attached hydrogens (tertiary/aromatic N) is 3. The Balaban J connectivity index is 0.00000156. The number of hydrogen-bond acceptors (Lipinski definition) is 2. The summed E-state index contributed by atoms with van der Waals surface area (Å²) in [7, 11) is 2.06. The van der Waals surface area contributed by atoms with Crippen LogP contribution in [0.1, 0.15) is 28.3 Å². The maximum Gasteiger partial charge on any atom is 0.170 e. The number of imidazole rings is 1. The molecule has 4 rings (SSSR count). The van der Waals surface area contributed by atoms with Crippen molar-refractivity contribution in [2.24, 2.45) is 13.0 Å². The third kappa shape index (κ3) is 3.64. The monoisotopic (exact) mass is 401 g/mol. The van der Waals surface area contributed by atoms with Gasteiger partial charge in [-0.1, -0.05) is 18.2 Å². The summed E-state index contributed by atoms with van der Waals surface area (Å²) in [4.78, 5) is 17.3. The standard InChI is InChI=1S/C18H19N3O.2ClH.2H2O/c1-12-19-9-10-21(12)11-13-7-8-16-17(18(13)22)14-5-3-4-6-15(14)20(16)2;;;;/h3-6,9-10,13H,7-8,11H2,1-2H3;2*1H;2*1H2. The zero-order chi connectivity index (χ0) is 15.3. The quantitative estimate of drug-likeness (QED) is 0.657. The predicted octanol–water partition coefficient (Wildman–Crippen LogP) is 2.32. The lowest BCUT2D eigenvalue weighted by Crippen LogP contribution is -2.27. The Bertz CT molecular complexity index is 889. The van der Waals surface area contributed by atoms with Gasteiger partial charge < -0.3 is 20.1 Å². The van der Waals surface area contributed by atoms with Gasteiger partial charge in [-0.2, -0.15) is 0 Å². The van der Waals surface area contributed by atoms with E-state index in [0.29, 0.717) is 0 Å².